The van der Waals surface area contributed by atoms with Gasteiger partial charge in [0.05, 0.1) is 36.8 Å². The number of H-pyrrole nitrogens is 1. The van der Waals surface area contributed by atoms with Gasteiger partial charge in [-0.1, -0.05) is 116 Å². The molecule has 6 heterocycles. The highest BCUT2D eigenvalue weighted by molar-refractivity contribution is 7.99. The maximum atomic E-state index is 16.0. The number of amides is 15. The molecule has 16 atom stereocenters. The molecule has 2 aromatic heterocycles. The Kier molecular flexibility index (Phi) is 42.9. The van der Waals surface area contributed by atoms with E-state index in [1.165, 1.54) is 37.0 Å². The van der Waals surface area contributed by atoms with Crippen LogP contribution in [-0.2, 0) is 117 Å². The highest BCUT2D eigenvalue weighted by Gasteiger charge is 2.48. The number of carbonyl (C=O) groups is 19. The molecule has 0 aliphatic carbocycles. The number of nitrogens with zero attached hydrogens (tertiary/aromatic N) is 6. The summed E-state index contributed by atoms with van der Waals surface area (Å²) in [5.74, 6) is -20.9. The first-order valence-corrected chi connectivity index (χ1v) is 49.8. The Morgan fingerprint density at radius 2 is 1.11 bits per heavy atom. The molecule has 9 rings (SSSR count). The van der Waals surface area contributed by atoms with Crippen LogP contribution in [0.3, 0.4) is 0 Å². The number of hydrogen-bond donors (Lipinski definition) is 17. The van der Waals surface area contributed by atoms with Crippen molar-refractivity contribution in [3.8, 4) is 12.3 Å². The number of halogens is 1. The lowest BCUT2D eigenvalue weighted by Gasteiger charge is -2.38. The van der Waals surface area contributed by atoms with Gasteiger partial charge in [-0.15, -0.1) is 12.3 Å². The minimum absolute atomic E-state index is 0.0252. The first-order valence-electron chi connectivity index (χ1n) is 48.7. The van der Waals surface area contributed by atoms with Crippen molar-refractivity contribution < 1.29 is 116 Å². The number of terminal acetylenes is 1. The van der Waals surface area contributed by atoms with E-state index in [2.05, 4.69) is 64.1 Å². The molecule has 4 saturated heterocycles. The second kappa shape index (κ2) is 54.2. The second-order valence-corrected chi connectivity index (χ2v) is 38.9. The van der Waals surface area contributed by atoms with Crippen LogP contribution in [0, 0.1) is 35.9 Å². The van der Waals surface area contributed by atoms with Gasteiger partial charge >= 0.3 is 17.9 Å². The highest BCUT2D eigenvalue weighted by Crippen LogP contribution is 2.31. The topological polar surface area (TPSA) is 615 Å². The van der Waals surface area contributed by atoms with Crippen molar-refractivity contribution in [2.75, 3.05) is 64.9 Å². The molecule has 778 valence electrons. The minimum atomic E-state index is -1.90. The van der Waals surface area contributed by atoms with Crippen LogP contribution in [0.1, 0.15) is 174 Å². The zero-order valence-electron chi connectivity index (χ0n) is 81.9. The summed E-state index contributed by atoms with van der Waals surface area (Å²) in [7, 11) is 2.67. The first-order chi connectivity index (χ1) is 68.1. The fourth-order valence-corrected chi connectivity index (χ4v) is 19.5. The number of thioether (sulfide) groups is 1. The standard InChI is InChI=1S/C99H136FN19O23S/c1-10-13-26-76-90(132)108-68(39-55(4)5)81(121)44-60(86(128)104-49-82(122)105-67(22-12-3)99(141)142)53-143-54-83(123)106-71(41-57-31-33-61(100)34-32-57)95(137)117-37-20-19-29-77(117)91(133)112-73(46-84(124)125)96(138)118-38-21-30-78(118)92(134)113-74(47-102)89(131)110-70(40-56(6)7)97(139)119-51-62(120)45-80(119)93(135)109-69(42-58-48-103-65-25-17-15-23-63(58)65)88(130)107-66(35-36-101)87(129)111-72(94(136)115(9)79(27-14-11-2)98(140)114(76)8)43-59-50-116(52-85(126)127)75-28-18-16-24-64(59)75/h3,15-18,23-25,28,31-34,48,50,55-56,60,62,66-74,76-80,103,120H,10-11,13-14,19-22,26-27,29-30,35-47,49,51-54,101-102H2,1-2,4-9H3,(H,104,128)(H,105,122)(H,106,123)(H,107,130)(H,108,132)(H,109,135)(H,110,131)(H,111,129)(H,112,133)(H,113,134)(H,124,125)(H,126,127)(H,141,142)/t60-,62+,66-,67-,68-,69-,70-,71-,72-,73-,74-,76-,77-,78-,79-,80-/m0/s1. The molecule has 4 fully saturated rings. The van der Waals surface area contributed by atoms with Crippen molar-refractivity contribution >= 4 is 146 Å². The molecule has 0 bridgehead atoms. The molecule has 0 unspecified atom stereocenters. The number of nitrogens with two attached hydrogens (primary N) is 2. The van der Waals surface area contributed by atoms with E-state index >= 15 is 43.2 Å². The number of piperidine rings is 1. The number of aliphatic hydroxyl groups excluding tert-OH is 1. The fourth-order valence-electron chi connectivity index (χ4n) is 18.6. The number of aromatic amines is 1. The Bertz CT molecular complexity index is 5450. The molecule has 44 heteroatoms. The summed E-state index contributed by atoms with van der Waals surface area (Å²) in [4.78, 5) is 287. The van der Waals surface area contributed by atoms with Gasteiger partial charge in [0.15, 0.2) is 5.78 Å². The number of carboxylic acid groups (broad SMARTS) is 3. The first kappa shape index (κ1) is 113. The average molecular weight is 2010 g/mol. The summed E-state index contributed by atoms with van der Waals surface area (Å²) in [6.45, 7) is 7.51. The molecule has 0 radical (unpaired) electrons. The fraction of sp³-hybridized carbons (Fsp3) is 0.566. The number of aliphatic hydroxyl groups is 1. The van der Waals surface area contributed by atoms with Crippen LogP contribution in [0.25, 0.3) is 21.8 Å². The lowest BCUT2D eigenvalue weighted by atomic mass is 9.93. The Morgan fingerprint density at radius 3 is 1.75 bits per heavy atom. The number of aliphatic carboxylic acids is 3. The van der Waals surface area contributed by atoms with E-state index in [4.69, 9.17) is 17.9 Å². The van der Waals surface area contributed by atoms with Gasteiger partial charge in [0.25, 0.3) is 0 Å². The second-order valence-electron chi connectivity index (χ2n) is 37.8. The molecule has 143 heavy (non-hydrogen) atoms. The number of carbonyl (C=O) groups excluding carboxylic acids is 16. The summed E-state index contributed by atoms with van der Waals surface area (Å²) in [5.41, 5.74) is 14.7. The molecule has 0 spiro atoms. The van der Waals surface area contributed by atoms with E-state index in [1.807, 2.05) is 13.8 Å². The van der Waals surface area contributed by atoms with Gasteiger partial charge in [-0.2, -0.15) is 11.8 Å². The number of rotatable bonds is 29. The molecule has 5 aromatic rings. The minimum Gasteiger partial charge on any atom is -0.481 e. The van der Waals surface area contributed by atoms with Gasteiger partial charge < -0.3 is 119 Å². The Hall–Kier alpha value is -13.4. The lowest BCUT2D eigenvalue weighted by Crippen LogP contribution is -2.62. The quantitative estimate of drug-likeness (QED) is 0.0290. The normalized spacial score (nSPS) is 24.8. The third kappa shape index (κ3) is 31.5. The summed E-state index contributed by atoms with van der Waals surface area (Å²) in [6, 6.07) is -3.27. The van der Waals surface area contributed by atoms with Crippen molar-refractivity contribution in [2.45, 2.75) is 274 Å². The number of benzene rings is 3. The van der Waals surface area contributed by atoms with Crippen LogP contribution in [0.2, 0.25) is 0 Å². The monoisotopic (exact) mass is 2010 g/mol. The van der Waals surface area contributed by atoms with Gasteiger partial charge in [0.1, 0.15) is 90.9 Å². The number of carboxylic acids is 3. The van der Waals surface area contributed by atoms with Crippen LogP contribution in [-0.4, -0.2) is 322 Å². The highest BCUT2D eigenvalue weighted by atomic mass is 32.2. The van der Waals surface area contributed by atoms with Crippen LogP contribution in [0.5, 0.6) is 0 Å². The zero-order chi connectivity index (χ0) is 105. The average Bonchev–Trinajstić information content (AvgIpc) is 1.68. The maximum absolute atomic E-state index is 16.0. The van der Waals surface area contributed by atoms with Crippen molar-refractivity contribution in [1.29, 1.82) is 0 Å². The van der Waals surface area contributed by atoms with Gasteiger partial charge in [0.2, 0.25) is 88.6 Å². The van der Waals surface area contributed by atoms with Crippen molar-refractivity contribution in [2.24, 2.45) is 29.2 Å². The van der Waals surface area contributed by atoms with Gasteiger partial charge in [-0.25, -0.2) is 9.18 Å². The number of nitrogens with one attached hydrogen (secondary N) is 11. The Labute approximate surface area is 832 Å². The molecule has 3 aromatic carbocycles. The predicted molar refractivity (Wildman–Crippen MR) is 524 cm³/mol. The molecule has 4 aliphatic heterocycles. The largest absolute Gasteiger partial charge is 0.481 e. The van der Waals surface area contributed by atoms with Gasteiger partial charge in [-0.05, 0) is 124 Å². The summed E-state index contributed by atoms with van der Waals surface area (Å²) in [5, 5.41) is 69.1. The van der Waals surface area contributed by atoms with Crippen LogP contribution >= 0.6 is 11.8 Å². The zero-order valence-corrected chi connectivity index (χ0v) is 82.8. The van der Waals surface area contributed by atoms with Crippen LogP contribution < -0.4 is 64.6 Å². The van der Waals surface area contributed by atoms with Crippen molar-refractivity contribution in [3.05, 3.63) is 108 Å². The number of hydrogen-bond acceptors (Lipinski definition) is 23. The molecule has 0 saturated carbocycles. The molecular formula is C99H136FN19O23S. The van der Waals surface area contributed by atoms with E-state index in [-0.39, 0.29) is 95.7 Å². The number of aromatic nitrogens is 2. The van der Waals surface area contributed by atoms with Crippen LogP contribution in [0.4, 0.5) is 4.39 Å². The van der Waals surface area contributed by atoms with E-state index in [0.29, 0.717) is 77.0 Å². The number of likely N-dealkylation sites (N-methyl/N-ethyl adjacent to an activating group) is 2. The van der Waals surface area contributed by atoms with E-state index in [0.717, 1.165) is 48.4 Å². The Balaban J connectivity index is 1.12. The van der Waals surface area contributed by atoms with Crippen molar-refractivity contribution in [1.82, 2.24) is 87.2 Å². The summed E-state index contributed by atoms with van der Waals surface area (Å²) >= 11 is 0.779. The van der Waals surface area contributed by atoms with Crippen molar-refractivity contribution in [3.63, 3.8) is 0 Å². The number of fused-ring (bicyclic) bond motifs is 5. The van der Waals surface area contributed by atoms with Gasteiger partial charge in [0, 0.05) is 119 Å². The molecule has 19 N–H and O–H groups in total. The summed E-state index contributed by atoms with van der Waals surface area (Å²) < 4.78 is 16.0. The third-order valence-corrected chi connectivity index (χ3v) is 27.1. The molecule has 4 aliphatic rings. The third-order valence-electron chi connectivity index (χ3n) is 26.0. The van der Waals surface area contributed by atoms with E-state index in [9.17, 15) is 72.8 Å². The summed E-state index contributed by atoms with van der Waals surface area (Å²) in [6.07, 6.45) is 5.07. The van der Waals surface area contributed by atoms with Gasteiger partial charge in [-0.3, -0.25) is 86.3 Å². The number of para-hydroxylation sites is 2. The lowest BCUT2D eigenvalue weighted by molar-refractivity contribution is -0.149. The van der Waals surface area contributed by atoms with E-state index < -0.39 is 285 Å². The molecule has 15 amide bonds. The predicted octanol–water partition coefficient (Wildman–Crippen LogP) is 0.526. The Morgan fingerprint density at radius 1 is 0.566 bits per heavy atom. The number of unbranched alkanes of at least 4 members (excludes halogenated alkanes) is 2. The maximum Gasteiger partial charge on any atom is 0.327 e. The van der Waals surface area contributed by atoms with E-state index in [1.54, 1.807) is 82.4 Å². The SMILES string of the molecule is C#CC[C@H](NC(=O)CNC(=O)[C@@H]1CSCC(=O)N[C@@H](Cc2ccc(F)cc2)C(=O)N2CCCC[C@H]2C(=O)N[C@@H](CC(=O)O)C(=O)N2CCC[C@H]2C(=O)N[C@@H](CN)C(=O)N[C@@H](CC(C)C)C(=O)N2C[C@H](O)C[C@H]2C(=O)N[C@@H](Cc2c[nH]c3ccccc23)C(=O)N[C@@H](CCN)C(=O)N[C@@H](Cc2cn(CC(=O)O)c3ccccc23)C(=O)N(C)[C@@H](CCCC)C(=O)N(C)[C@@H](CCCC)C(=O)N[C@@H](CC(C)C)C(=O)C1)C(=O)O. The number of ketones is 1. The molecular weight excluding hydrogens is 1870 g/mol. The smallest absolute Gasteiger partial charge is 0.327 e. The molecule has 42 nitrogen and oxygen atoms in total. The number of Topliss-reactive ketones (excluding diaryl/α,β-unsaturated/α-hetero) is 1. The van der Waals surface area contributed by atoms with Crippen LogP contribution in [0.15, 0.2) is 85.2 Å².